The predicted molar refractivity (Wildman–Crippen MR) is 80.9 cm³/mol. The van der Waals surface area contributed by atoms with Gasteiger partial charge in [-0.3, -0.25) is 4.79 Å². The van der Waals surface area contributed by atoms with Gasteiger partial charge in [0.1, 0.15) is 11.6 Å². The highest BCUT2D eigenvalue weighted by Crippen LogP contribution is 2.28. The summed E-state index contributed by atoms with van der Waals surface area (Å²) < 4.78 is 1.72. The van der Waals surface area contributed by atoms with Crippen molar-refractivity contribution < 1.29 is 4.79 Å². The number of rotatable bonds is 5. The lowest BCUT2D eigenvalue weighted by molar-refractivity contribution is 0.112. The van der Waals surface area contributed by atoms with Gasteiger partial charge in [-0.05, 0) is 25.7 Å². The van der Waals surface area contributed by atoms with Crippen molar-refractivity contribution in [1.29, 1.82) is 0 Å². The van der Waals surface area contributed by atoms with Crippen LogP contribution in [0.25, 0.3) is 5.65 Å². The van der Waals surface area contributed by atoms with Gasteiger partial charge in [0, 0.05) is 18.2 Å². The Morgan fingerprint density at radius 1 is 1.14 bits per heavy atom. The fourth-order valence-corrected chi connectivity index (χ4v) is 2.96. The minimum Gasteiger partial charge on any atom is -0.367 e. The molecule has 21 heavy (non-hydrogen) atoms. The highest BCUT2D eigenvalue weighted by Gasteiger charge is 2.23. The third-order valence-electron chi connectivity index (χ3n) is 4.26. The first-order chi connectivity index (χ1) is 10.3. The van der Waals surface area contributed by atoms with Gasteiger partial charge >= 0.3 is 0 Å². The van der Waals surface area contributed by atoms with Gasteiger partial charge < -0.3 is 10.6 Å². The molecule has 110 valence electrons. The van der Waals surface area contributed by atoms with Crippen LogP contribution in [0.4, 0.5) is 11.6 Å². The molecule has 2 aliphatic rings. The molecule has 2 fully saturated rings. The second-order valence-electron chi connectivity index (χ2n) is 6.02. The van der Waals surface area contributed by atoms with Crippen molar-refractivity contribution in [2.24, 2.45) is 0 Å². The van der Waals surface area contributed by atoms with Crippen LogP contribution in [0.15, 0.2) is 12.3 Å². The molecular weight excluding hydrogens is 266 g/mol. The molecule has 0 aromatic carbocycles. The smallest absolute Gasteiger partial charge is 0.170 e. The number of nitrogens with zero attached hydrogens (tertiary/aromatic N) is 3. The van der Waals surface area contributed by atoms with E-state index in [1.807, 2.05) is 6.07 Å². The van der Waals surface area contributed by atoms with Gasteiger partial charge in [0.2, 0.25) is 0 Å². The molecule has 6 heteroatoms. The largest absolute Gasteiger partial charge is 0.367 e. The molecule has 0 spiro atoms. The number of nitrogens with one attached hydrogen (secondary N) is 2. The summed E-state index contributed by atoms with van der Waals surface area (Å²) in [5.41, 5.74) is 1.15. The summed E-state index contributed by atoms with van der Waals surface area (Å²) in [5, 5.41) is 11.2. The Balaban J connectivity index is 1.72. The molecule has 0 amide bonds. The molecule has 2 aromatic heterocycles. The van der Waals surface area contributed by atoms with Crippen molar-refractivity contribution >= 4 is 23.6 Å². The first-order valence-corrected chi connectivity index (χ1v) is 7.70. The van der Waals surface area contributed by atoms with Crippen LogP contribution in [-0.2, 0) is 0 Å². The van der Waals surface area contributed by atoms with Crippen molar-refractivity contribution in [1.82, 2.24) is 14.6 Å². The molecule has 4 rings (SSSR count). The summed E-state index contributed by atoms with van der Waals surface area (Å²) in [7, 11) is 0. The van der Waals surface area contributed by atoms with E-state index in [0.29, 0.717) is 23.3 Å². The van der Waals surface area contributed by atoms with E-state index in [0.717, 1.165) is 17.9 Å². The van der Waals surface area contributed by atoms with Crippen LogP contribution in [0.1, 0.15) is 48.9 Å². The lowest BCUT2D eigenvalue weighted by Gasteiger charge is -2.15. The Kier molecular flexibility index (Phi) is 3.02. The molecule has 6 nitrogen and oxygen atoms in total. The van der Waals surface area contributed by atoms with Gasteiger partial charge in [0.05, 0.1) is 11.8 Å². The van der Waals surface area contributed by atoms with Crippen molar-refractivity contribution in [3.05, 3.63) is 17.8 Å². The molecule has 0 atom stereocenters. The van der Waals surface area contributed by atoms with Crippen LogP contribution in [0, 0.1) is 0 Å². The monoisotopic (exact) mass is 285 g/mol. The molecule has 0 aliphatic heterocycles. The van der Waals surface area contributed by atoms with Gasteiger partial charge in [0.15, 0.2) is 11.9 Å². The van der Waals surface area contributed by atoms with Gasteiger partial charge in [-0.15, -0.1) is 0 Å². The Morgan fingerprint density at radius 3 is 2.62 bits per heavy atom. The van der Waals surface area contributed by atoms with Crippen LogP contribution in [0.5, 0.6) is 0 Å². The summed E-state index contributed by atoms with van der Waals surface area (Å²) in [5.74, 6) is 1.75. The summed E-state index contributed by atoms with van der Waals surface area (Å²) in [6.07, 6.45) is 9.71. The fourth-order valence-electron chi connectivity index (χ4n) is 2.96. The lowest BCUT2D eigenvalue weighted by atomic mass is 10.2. The number of hydrogen-bond acceptors (Lipinski definition) is 5. The molecular formula is C15H19N5O. The summed E-state index contributed by atoms with van der Waals surface area (Å²) in [6, 6.07) is 3.03. The van der Waals surface area contributed by atoms with Gasteiger partial charge in [0.25, 0.3) is 0 Å². The maximum atomic E-state index is 11.1. The summed E-state index contributed by atoms with van der Waals surface area (Å²) >= 11 is 0. The van der Waals surface area contributed by atoms with Crippen LogP contribution in [0.2, 0.25) is 0 Å². The molecule has 2 aromatic rings. The quantitative estimate of drug-likeness (QED) is 0.826. The van der Waals surface area contributed by atoms with E-state index in [1.165, 1.54) is 38.5 Å². The first kappa shape index (κ1) is 12.6. The number of carbonyl (C=O) groups excluding carboxylic acids is 1. The highest BCUT2D eigenvalue weighted by atomic mass is 16.1. The van der Waals surface area contributed by atoms with E-state index in [9.17, 15) is 4.79 Å². The Morgan fingerprint density at radius 2 is 1.90 bits per heavy atom. The van der Waals surface area contributed by atoms with E-state index in [4.69, 9.17) is 0 Å². The molecule has 0 bridgehead atoms. The standard InChI is InChI=1S/C15H19N5O/c21-9-10-8-16-20-14(18-12-5-6-12)7-13(19-15(10)20)17-11-3-1-2-4-11/h7-9,11-12,18H,1-6H2,(H,17,19). The maximum absolute atomic E-state index is 11.1. The summed E-state index contributed by atoms with van der Waals surface area (Å²) in [6.45, 7) is 0. The Hall–Kier alpha value is -2.11. The fraction of sp³-hybridized carbons (Fsp3) is 0.533. The van der Waals surface area contributed by atoms with Crippen LogP contribution < -0.4 is 10.6 Å². The topological polar surface area (TPSA) is 71.3 Å². The third kappa shape index (κ3) is 2.46. The molecule has 2 aliphatic carbocycles. The van der Waals surface area contributed by atoms with Crippen molar-refractivity contribution in [3.8, 4) is 0 Å². The number of aromatic nitrogens is 3. The number of aldehydes is 1. The third-order valence-corrected chi connectivity index (χ3v) is 4.26. The molecule has 0 unspecified atom stereocenters. The van der Waals surface area contributed by atoms with Gasteiger partial charge in [-0.2, -0.15) is 9.61 Å². The maximum Gasteiger partial charge on any atom is 0.170 e. The normalized spacial score (nSPS) is 19.0. The first-order valence-electron chi connectivity index (χ1n) is 7.70. The SMILES string of the molecule is O=Cc1cnn2c(NC3CC3)cc(NC3CCCC3)nc12. The minimum absolute atomic E-state index is 0.497. The minimum atomic E-state index is 0.497. The second kappa shape index (κ2) is 5.02. The number of fused-ring (bicyclic) bond motifs is 1. The Labute approximate surface area is 122 Å². The van der Waals surface area contributed by atoms with Gasteiger partial charge in [-0.1, -0.05) is 12.8 Å². The lowest BCUT2D eigenvalue weighted by Crippen LogP contribution is -2.17. The van der Waals surface area contributed by atoms with Crippen molar-refractivity contribution in [2.75, 3.05) is 10.6 Å². The number of carbonyl (C=O) groups is 1. The number of anilines is 2. The molecule has 0 saturated heterocycles. The van der Waals surface area contributed by atoms with Crippen LogP contribution in [-0.4, -0.2) is 33.0 Å². The molecule has 2 N–H and O–H groups in total. The van der Waals surface area contributed by atoms with E-state index in [2.05, 4.69) is 20.7 Å². The zero-order valence-electron chi connectivity index (χ0n) is 11.9. The van der Waals surface area contributed by atoms with E-state index in [1.54, 1.807) is 10.7 Å². The molecule has 2 saturated carbocycles. The van der Waals surface area contributed by atoms with E-state index in [-0.39, 0.29) is 0 Å². The van der Waals surface area contributed by atoms with E-state index < -0.39 is 0 Å². The zero-order valence-corrected chi connectivity index (χ0v) is 11.9. The van der Waals surface area contributed by atoms with Gasteiger partial charge in [-0.25, -0.2) is 4.98 Å². The van der Waals surface area contributed by atoms with Crippen LogP contribution in [0.3, 0.4) is 0 Å². The zero-order chi connectivity index (χ0) is 14.2. The number of hydrogen-bond donors (Lipinski definition) is 2. The van der Waals surface area contributed by atoms with Crippen molar-refractivity contribution in [2.45, 2.75) is 50.6 Å². The summed E-state index contributed by atoms with van der Waals surface area (Å²) in [4.78, 5) is 15.7. The van der Waals surface area contributed by atoms with E-state index >= 15 is 0 Å². The highest BCUT2D eigenvalue weighted by molar-refractivity contribution is 5.84. The Bertz CT molecular complexity index is 670. The molecule has 2 heterocycles. The predicted octanol–water partition coefficient (Wildman–Crippen LogP) is 2.47. The average molecular weight is 285 g/mol. The van der Waals surface area contributed by atoms with Crippen molar-refractivity contribution in [3.63, 3.8) is 0 Å². The van der Waals surface area contributed by atoms with Crippen LogP contribution >= 0.6 is 0 Å². The molecule has 0 radical (unpaired) electrons. The second-order valence-corrected chi connectivity index (χ2v) is 6.02. The average Bonchev–Trinajstić information content (AvgIpc) is 3.00.